The summed E-state index contributed by atoms with van der Waals surface area (Å²) < 4.78 is 37.4. The fourth-order valence-electron chi connectivity index (χ4n) is 1.58. The third-order valence-electron chi connectivity index (χ3n) is 2.30. The highest BCUT2D eigenvalue weighted by Crippen LogP contribution is 2.30. The molecular weight excluding hydrogens is 215 g/mol. The van der Waals surface area contributed by atoms with E-state index in [0.717, 1.165) is 6.07 Å². The van der Waals surface area contributed by atoms with E-state index in [1.54, 1.807) is 6.07 Å². The summed E-state index contributed by atoms with van der Waals surface area (Å²) in [5, 5.41) is 3.17. The molecule has 0 aliphatic rings. The predicted molar refractivity (Wildman–Crippen MR) is 58.1 cm³/mol. The number of halogens is 3. The van der Waals surface area contributed by atoms with E-state index >= 15 is 0 Å². The van der Waals surface area contributed by atoms with Gasteiger partial charge in [0.15, 0.2) is 0 Å². The Labute approximate surface area is 93.7 Å². The minimum Gasteiger partial charge on any atom is -0.308 e. The van der Waals surface area contributed by atoms with Crippen molar-refractivity contribution in [1.29, 1.82) is 0 Å². The van der Waals surface area contributed by atoms with Crippen LogP contribution in [0.25, 0.3) is 0 Å². The van der Waals surface area contributed by atoms with E-state index in [9.17, 15) is 13.2 Å². The Hall–Kier alpha value is -1.03. The van der Waals surface area contributed by atoms with Crippen LogP contribution in [0.2, 0.25) is 0 Å². The van der Waals surface area contributed by atoms with E-state index in [1.807, 2.05) is 20.8 Å². The van der Waals surface area contributed by atoms with Gasteiger partial charge >= 0.3 is 6.18 Å². The zero-order chi connectivity index (χ0) is 12.3. The van der Waals surface area contributed by atoms with Crippen LogP contribution >= 0.6 is 0 Å². The third kappa shape index (κ3) is 3.52. The fourth-order valence-corrected chi connectivity index (χ4v) is 1.58. The summed E-state index contributed by atoms with van der Waals surface area (Å²) in [5.74, 6) is 0. The normalized spacial score (nSPS) is 14.2. The second kappa shape index (κ2) is 4.87. The zero-order valence-electron chi connectivity index (χ0n) is 9.60. The van der Waals surface area contributed by atoms with Crippen molar-refractivity contribution in [3.05, 3.63) is 35.4 Å². The monoisotopic (exact) mass is 231 g/mol. The molecule has 1 rings (SSSR count). The van der Waals surface area contributed by atoms with Gasteiger partial charge in [-0.3, -0.25) is 0 Å². The van der Waals surface area contributed by atoms with Crippen molar-refractivity contribution in [3.8, 4) is 0 Å². The molecule has 0 fully saturated rings. The molecule has 0 heterocycles. The third-order valence-corrected chi connectivity index (χ3v) is 2.30. The van der Waals surface area contributed by atoms with E-state index in [2.05, 4.69) is 5.32 Å². The smallest absolute Gasteiger partial charge is 0.308 e. The molecule has 0 spiro atoms. The molecule has 0 saturated carbocycles. The first-order valence-corrected chi connectivity index (χ1v) is 5.24. The van der Waals surface area contributed by atoms with Gasteiger partial charge in [0, 0.05) is 12.1 Å². The summed E-state index contributed by atoms with van der Waals surface area (Å²) in [7, 11) is 0. The highest BCUT2D eigenvalue weighted by molar-refractivity contribution is 5.27. The van der Waals surface area contributed by atoms with E-state index in [4.69, 9.17) is 0 Å². The van der Waals surface area contributed by atoms with Crippen molar-refractivity contribution in [1.82, 2.24) is 5.32 Å². The molecule has 1 aromatic rings. The lowest BCUT2D eigenvalue weighted by Gasteiger charge is -2.18. The van der Waals surface area contributed by atoms with Crippen LogP contribution in [0, 0.1) is 0 Å². The first-order valence-electron chi connectivity index (χ1n) is 5.24. The number of alkyl halides is 3. The van der Waals surface area contributed by atoms with Crippen molar-refractivity contribution in [2.75, 3.05) is 0 Å². The molecule has 1 N–H and O–H groups in total. The number of hydrogen-bond donors (Lipinski definition) is 1. The molecule has 16 heavy (non-hydrogen) atoms. The molecule has 0 unspecified atom stereocenters. The van der Waals surface area contributed by atoms with Gasteiger partial charge in [0.25, 0.3) is 0 Å². The van der Waals surface area contributed by atoms with Gasteiger partial charge in [-0.15, -0.1) is 0 Å². The molecular formula is C12H16F3N. The lowest BCUT2D eigenvalue weighted by molar-refractivity contribution is -0.137. The van der Waals surface area contributed by atoms with Crippen LogP contribution in [0.4, 0.5) is 13.2 Å². The van der Waals surface area contributed by atoms with E-state index in [1.165, 1.54) is 12.1 Å². The Morgan fingerprint density at radius 3 is 2.25 bits per heavy atom. The van der Waals surface area contributed by atoms with Gasteiger partial charge in [0.05, 0.1) is 5.56 Å². The van der Waals surface area contributed by atoms with Gasteiger partial charge < -0.3 is 5.32 Å². The SMILES string of the molecule is CC(C)N[C@H](C)c1cccc(C(F)(F)F)c1. The average molecular weight is 231 g/mol. The van der Waals surface area contributed by atoms with Gasteiger partial charge in [-0.25, -0.2) is 0 Å². The number of benzene rings is 1. The summed E-state index contributed by atoms with van der Waals surface area (Å²) in [6.45, 7) is 5.78. The minimum absolute atomic E-state index is 0.0812. The van der Waals surface area contributed by atoms with Gasteiger partial charge in [-0.05, 0) is 24.6 Å². The summed E-state index contributed by atoms with van der Waals surface area (Å²) in [6, 6.07) is 5.59. The van der Waals surface area contributed by atoms with Gasteiger partial charge in [0.1, 0.15) is 0 Å². The predicted octanol–water partition coefficient (Wildman–Crippen LogP) is 3.76. The molecule has 4 heteroatoms. The van der Waals surface area contributed by atoms with Crippen molar-refractivity contribution < 1.29 is 13.2 Å². The average Bonchev–Trinajstić information content (AvgIpc) is 2.15. The van der Waals surface area contributed by atoms with Gasteiger partial charge in [-0.2, -0.15) is 13.2 Å². The highest BCUT2D eigenvalue weighted by atomic mass is 19.4. The Bertz CT molecular complexity index is 344. The topological polar surface area (TPSA) is 12.0 Å². The first-order chi connectivity index (χ1) is 7.30. The molecule has 0 aromatic heterocycles. The standard InChI is InChI=1S/C12H16F3N/c1-8(2)16-9(3)10-5-4-6-11(7-10)12(13,14)15/h4-9,16H,1-3H3/t9-/m1/s1. The van der Waals surface area contributed by atoms with Crippen LogP contribution in [-0.4, -0.2) is 6.04 Å². The first kappa shape index (κ1) is 13.0. The number of hydrogen-bond acceptors (Lipinski definition) is 1. The number of nitrogens with one attached hydrogen (secondary N) is 1. The van der Waals surface area contributed by atoms with Crippen LogP contribution in [0.3, 0.4) is 0 Å². The maximum absolute atomic E-state index is 12.5. The number of rotatable bonds is 3. The lowest BCUT2D eigenvalue weighted by atomic mass is 10.0. The van der Waals surface area contributed by atoms with Gasteiger partial charge in [-0.1, -0.05) is 26.0 Å². The van der Waals surface area contributed by atoms with Crippen LogP contribution in [0.15, 0.2) is 24.3 Å². The van der Waals surface area contributed by atoms with Crippen LogP contribution in [-0.2, 0) is 6.18 Å². The quantitative estimate of drug-likeness (QED) is 0.835. The van der Waals surface area contributed by atoms with Crippen molar-refractivity contribution in [2.24, 2.45) is 0 Å². The second-order valence-corrected chi connectivity index (χ2v) is 4.17. The van der Waals surface area contributed by atoms with Gasteiger partial charge in [0.2, 0.25) is 0 Å². The molecule has 0 amide bonds. The fraction of sp³-hybridized carbons (Fsp3) is 0.500. The van der Waals surface area contributed by atoms with Crippen molar-refractivity contribution in [2.45, 2.75) is 39.0 Å². The molecule has 90 valence electrons. The van der Waals surface area contributed by atoms with E-state index in [-0.39, 0.29) is 12.1 Å². The maximum atomic E-state index is 12.5. The Morgan fingerprint density at radius 1 is 1.12 bits per heavy atom. The molecule has 0 saturated heterocycles. The molecule has 1 atom stereocenters. The minimum atomic E-state index is -4.27. The highest BCUT2D eigenvalue weighted by Gasteiger charge is 2.30. The second-order valence-electron chi connectivity index (χ2n) is 4.17. The summed E-state index contributed by atoms with van der Waals surface area (Å²) in [4.78, 5) is 0. The molecule has 0 aliphatic heterocycles. The summed E-state index contributed by atoms with van der Waals surface area (Å²) in [5.41, 5.74) is 0.0610. The summed E-state index contributed by atoms with van der Waals surface area (Å²) >= 11 is 0. The zero-order valence-corrected chi connectivity index (χ0v) is 9.60. The van der Waals surface area contributed by atoms with Crippen LogP contribution in [0.1, 0.15) is 37.9 Å². The van der Waals surface area contributed by atoms with Crippen LogP contribution < -0.4 is 5.32 Å². The van der Waals surface area contributed by atoms with E-state index in [0.29, 0.717) is 5.56 Å². The van der Waals surface area contributed by atoms with Crippen molar-refractivity contribution in [3.63, 3.8) is 0 Å². The maximum Gasteiger partial charge on any atom is 0.416 e. The molecule has 1 aromatic carbocycles. The summed E-state index contributed by atoms with van der Waals surface area (Å²) in [6.07, 6.45) is -4.27. The molecule has 0 radical (unpaired) electrons. The van der Waals surface area contributed by atoms with Crippen molar-refractivity contribution >= 4 is 0 Å². The van der Waals surface area contributed by atoms with Crippen LogP contribution in [0.5, 0.6) is 0 Å². The van der Waals surface area contributed by atoms with E-state index < -0.39 is 11.7 Å². The Balaban J connectivity index is 2.90. The lowest BCUT2D eigenvalue weighted by Crippen LogP contribution is -2.26. The molecule has 0 aliphatic carbocycles. The Kier molecular flexibility index (Phi) is 3.97. The Morgan fingerprint density at radius 2 is 1.75 bits per heavy atom. The largest absolute Gasteiger partial charge is 0.416 e. The molecule has 0 bridgehead atoms. The molecule has 1 nitrogen and oxygen atoms in total.